The summed E-state index contributed by atoms with van der Waals surface area (Å²) >= 11 is 0. The second-order valence-electron chi connectivity index (χ2n) is 21.0. The molecule has 0 saturated heterocycles. The molecule has 2 fully saturated rings. The van der Waals surface area contributed by atoms with Gasteiger partial charge in [0.2, 0.25) is 0 Å². The first kappa shape index (κ1) is 37.8. The molecule has 1 spiro atoms. The smallest absolute Gasteiger partial charge is 0.155 e. The third-order valence-electron chi connectivity index (χ3n) is 16.2. The van der Waals surface area contributed by atoms with Gasteiger partial charge < -0.3 is 15.4 Å². The highest BCUT2D eigenvalue weighted by Gasteiger charge is 2.52. The molecule has 6 aromatic rings. The molecular formula is C57H60N2O. The van der Waals surface area contributed by atoms with E-state index in [4.69, 9.17) is 10.5 Å². The molecule has 0 radical (unpaired) electrons. The number of nitrogens with zero attached hydrogens (tertiary/aromatic N) is 1. The van der Waals surface area contributed by atoms with E-state index in [9.17, 15) is 0 Å². The summed E-state index contributed by atoms with van der Waals surface area (Å²) in [6.45, 7) is 14.5. The van der Waals surface area contributed by atoms with Crippen molar-refractivity contribution in [1.82, 2.24) is 0 Å². The van der Waals surface area contributed by atoms with Crippen molar-refractivity contribution in [3.8, 4) is 33.8 Å². The summed E-state index contributed by atoms with van der Waals surface area (Å²) in [7, 11) is 0. The van der Waals surface area contributed by atoms with E-state index in [-0.39, 0.29) is 27.7 Å². The van der Waals surface area contributed by atoms with Crippen molar-refractivity contribution in [1.29, 1.82) is 0 Å². The van der Waals surface area contributed by atoms with E-state index in [2.05, 4.69) is 174 Å². The molecule has 5 aliphatic rings. The Labute approximate surface area is 358 Å². The first-order valence-electron chi connectivity index (χ1n) is 22.8. The summed E-state index contributed by atoms with van der Waals surface area (Å²) in [6, 6.07) is 48.8. The Morgan fingerprint density at radius 1 is 0.533 bits per heavy atom. The number of para-hydroxylation sites is 1. The van der Waals surface area contributed by atoms with E-state index in [0.717, 1.165) is 48.6 Å². The van der Waals surface area contributed by atoms with Crippen molar-refractivity contribution in [2.75, 3.05) is 4.90 Å². The molecule has 4 atom stereocenters. The van der Waals surface area contributed by atoms with Crippen molar-refractivity contribution in [3.63, 3.8) is 0 Å². The maximum atomic E-state index is 7.45. The Hall–Kier alpha value is -5.12. The van der Waals surface area contributed by atoms with Gasteiger partial charge in [0.15, 0.2) is 5.75 Å². The van der Waals surface area contributed by atoms with Crippen molar-refractivity contribution in [3.05, 3.63) is 161 Å². The van der Waals surface area contributed by atoms with Crippen LogP contribution in [0.4, 0.5) is 17.1 Å². The van der Waals surface area contributed by atoms with E-state index in [0.29, 0.717) is 11.8 Å². The third kappa shape index (κ3) is 5.64. The molecule has 3 heteroatoms. The van der Waals surface area contributed by atoms with Crippen molar-refractivity contribution < 1.29 is 4.74 Å². The molecule has 4 aliphatic carbocycles. The molecule has 11 rings (SSSR count). The van der Waals surface area contributed by atoms with E-state index in [1.54, 1.807) is 0 Å². The molecule has 1 aliphatic heterocycles. The Morgan fingerprint density at radius 3 is 2.00 bits per heavy atom. The minimum Gasteiger partial charge on any atom is -0.455 e. The van der Waals surface area contributed by atoms with E-state index in [1.165, 1.54) is 87.0 Å². The predicted octanol–water partition coefficient (Wildman–Crippen LogP) is 14.8. The minimum atomic E-state index is -0.217. The molecule has 4 unspecified atom stereocenters. The van der Waals surface area contributed by atoms with Gasteiger partial charge in [0.05, 0.1) is 5.69 Å². The summed E-state index contributed by atoms with van der Waals surface area (Å²) in [5.41, 5.74) is 23.8. The van der Waals surface area contributed by atoms with Gasteiger partial charge in [0.25, 0.3) is 0 Å². The lowest BCUT2D eigenvalue weighted by molar-refractivity contribution is 0.232. The minimum absolute atomic E-state index is 0.0511. The van der Waals surface area contributed by atoms with Crippen LogP contribution in [0.3, 0.4) is 0 Å². The van der Waals surface area contributed by atoms with E-state index in [1.807, 2.05) is 0 Å². The summed E-state index contributed by atoms with van der Waals surface area (Å²) in [4.78, 5) is 2.57. The zero-order valence-electron chi connectivity index (χ0n) is 36.4. The lowest BCUT2D eigenvalue weighted by atomic mass is 9.59. The maximum Gasteiger partial charge on any atom is 0.155 e. The number of anilines is 3. The lowest BCUT2D eigenvalue weighted by Gasteiger charge is -2.47. The van der Waals surface area contributed by atoms with Crippen LogP contribution in [0.15, 0.2) is 127 Å². The standard InChI is InChI=1S/C57H60N2O/c1-54(2)28-29-55(3,4)49-35-42(23-25-46(49)54)59(41-22-24-44-43-16-10-11-17-45(43)56(5,6)48(44)34-41)51-33-38(37-14-8-7-9-15-37)32-50-53(51)60-52-19-13-12-18-47(52)57(50)27-26-40(58)31-36-20-21-39(57)30-36/h7-19,22-25,32-36,39-40H,20-21,26-31,58H2,1-6H3. The summed E-state index contributed by atoms with van der Waals surface area (Å²) < 4.78 is 7.45. The van der Waals surface area contributed by atoms with Gasteiger partial charge in [-0.25, -0.2) is 0 Å². The third-order valence-corrected chi connectivity index (χ3v) is 16.2. The summed E-state index contributed by atoms with van der Waals surface area (Å²) in [5.74, 6) is 3.18. The fourth-order valence-electron chi connectivity index (χ4n) is 12.8. The molecule has 0 aromatic heterocycles. The van der Waals surface area contributed by atoms with Gasteiger partial charge in [-0.3, -0.25) is 0 Å². The molecule has 60 heavy (non-hydrogen) atoms. The van der Waals surface area contributed by atoms with Gasteiger partial charge >= 0.3 is 0 Å². The number of hydrogen-bond donors (Lipinski definition) is 1. The normalized spacial score (nSPS) is 24.8. The molecule has 2 bridgehead atoms. The summed E-state index contributed by atoms with van der Waals surface area (Å²) in [5, 5.41) is 0. The van der Waals surface area contributed by atoms with Gasteiger partial charge in [0.1, 0.15) is 5.75 Å². The van der Waals surface area contributed by atoms with E-state index >= 15 is 0 Å². The Bertz CT molecular complexity index is 2670. The van der Waals surface area contributed by atoms with Crippen LogP contribution in [0.2, 0.25) is 0 Å². The fourth-order valence-corrected chi connectivity index (χ4v) is 12.8. The molecular weight excluding hydrogens is 729 g/mol. The number of nitrogens with two attached hydrogens (primary N) is 1. The quantitative estimate of drug-likeness (QED) is 0.193. The van der Waals surface area contributed by atoms with Gasteiger partial charge in [-0.2, -0.15) is 0 Å². The predicted molar refractivity (Wildman–Crippen MR) is 249 cm³/mol. The van der Waals surface area contributed by atoms with Gasteiger partial charge in [-0.1, -0.05) is 133 Å². The van der Waals surface area contributed by atoms with Crippen molar-refractivity contribution in [2.45, 2.75) is 121 Å². The van der Waals surface area contributed by atoms with Crippen LogP contribution < -0.4 is 15.4 Å². The highest BCUT2D eigenvalue weighted by atomic mass is 16.5. The van der Waals surface area contributed by atoms with E-state index < -0.39 is 0 Å². The van der Waals surface area contributed by atoms with Crippen LogP contribution in [0, 0.1) is 11.8 Å². The largest absolute Gasteiger partial charge is 0.455 e. The van der Waals surface area contributed by atoms with Gasteiger partial charge in [-0.15, -0.1) is 0 Å². The van der Waals surface area contributed by atoms with Crippen molar-refractivity contribution in [2.24, 2.45) is 17.6 Å². The van der Waals surface area contributed by atoms with Crippen molar-refractivity contribution >= 4 is 17.1 Å². The van der Waals surface area contributed by atoms with Crippen LogP contribution in [0.5, 0.6) is 11.5 Å². The zero-order chi connectivity index (χ0) is 41.2. The topological polar surface area (TPSA) is 38.5 Å². The molecule has 304 valence electrons. The molecule has 0 amide bonds. The van der Waals surface area contributed by atoms with Crippen LogP contribution in [0.1, 0.15) is 126 Å². The number of hydrogen-bond acceptors (Lipinski definition) is 3. The SMILES string of the molecule is CC1(C)CCC(C)(C)c2cc(N(c3ccc4c(c3)C(C)(C)c3ccccc3-4)c3cc(-c4ccccc4)cc4c3Oc3ccccc3C43CCC(N)CC4CCC3C4)ccc21. The first-order chi connectivity index (χ1) is 28.8. The second kappa shape index (κ2) is 13.4. The Kier molecular flexibility index (Phi) is 8.48. The average molecular weight is 789 g/mol. The highest BCUT2D eigenvalue weighted by molar-refractivity contribution is 5.90. The van der Waals surface area contributed by atoms with Gasteiger partial charge in [0, 0.05) is 39.4 Å². The fraction of sp³-hybridized carbons (Fsp3) is 0.368. The lowest BCUT2D eigenvalue weighted by Crippen LogP contribution is -2.41. The maximum absolute atomic E-state index is 7.45. The highest BCUT2D eigenvalue weighted by Crippen LogP contribution is 2.63. The van der Waals surface area contributed by atoms with Crippen LogP contribution >= 0.6 is 0 Å². The van der Waals surface area contributed by atoms with Gasteiger partial charge in [-0.05, 0) is 155 Å². The van der Waals surface area contributed by atoms with Crippen LogP contribution in [0.25, 0.3) is 22.3 Å². The summed E-state index contributed by atoms with van der Waals surface area (Å²) in [6.07, 6.45) is 9.20. The first-order valence-corrected chi connectivity index (χ1v) is 22.8. The number of benzene rings is 6. The molecule has 2 saturated carbocycles. The molecule has 3 nitrogen and oxygen atoms in total. The Balaban J connectivity index is 1.22. The van der Waals surface area contributed by atoms with Crippen LogP contribution in [-0.4, -0.2) is 6.04 Å². The number of rotatable bonds is 4. The number of ether oxygens (including phenoxy) is 1. The zero-order valence-corrected chi connectivity index (χ0v) is 36.4. The second-order valence-corrected chi connectivity index (χ2v) is 21.0. The van der Waals surface area contributed by atoms with Crippen LogP contribution in [-0.2, 0) is 21.7 Å². The molecule has 1 heterocycles. The number of fused-ring (bicyclic) bond motifs is 11. The Morgan fingerprint density at radius 2 is 1.20 bits per heavy atom. The monoisotopic (exact) mass is 788 g/mol. The molecule has 2 N–H and O–H groups in total. The average Bonchev–Trinajstić information content (AvgIpc) is 3.82. The molecule has 6 aromatic carbocycles.